The Kier molecular flexibility index (Phi) is 6.67. The fraction of sp³-hybridized carbons (Fsp3) is 0.267. The summed E-state index contributed by atoms with van der Waals surface area (Å²) < 4.78 is 12.4. The summed E-state index contributed by atoms with van der Waals surface area (Å²) in [5.41, 5.74) is 5.45. The zero-order valence-electron chi connectivity index (χ0n) is 12.6. The topological polar surface area (TPSA) is 60.3 Å². The monoisotopic (exact) mass is 288 g/mol. The highest BCUT2D eigenvalue weighted by Crippen LogP contribution is 2.30. The van der Waals surface area contributed by atoms with Gasteiger partial charge in [0.1, 0.15) is 31.0 Å². The van der Waals surface area contributed by atoms with Crippen molar-refractivity contribution in [3.8, 4) is 5.75 Å². The minimum absolute atomic E-state index is 0.00278. The first-order valence-corrected chi connectivity index (χ1v) is 6.34. The first kappa shape index (κ1) is 16.4. The lowest BCUT2D eigenvalue weighted by atomic mass is 10.3. The molecule has 0 amide bonds. The Balaban J connectivity index is 2.60. The predicted molar refractivity (Wildman–Crippen MR) is 83.0 cm³/mol. The third-order valence-corrected chi connectivity index (χ3v) is 2.36. The summed E-state index contributed by atoms with van der Waals surface area (Å²) in [4.78, 5) is 0. The van der Waals surface area contributed by atoms with Crippen molar-refractivity contribution in [1.29, 1.82) is 0 Å². The molecule has 0 aliphatic carbocycles. The summed E-state index contributed by atoms with van der Waals surface area (Å²) in [5.74, 6) is 0.992. The molecule has 0 spiro atoms. The summed E-state index contributed by atoms with van der Waals surface area (Å²) in [6.07, 6.45) is 1.76. The first-order chi connectivity index (χ1) is 10.1. The normalized spacial score (nSPS) is 11.3. The maximum Gasteiger partial charge on any atom is 0.230 e. The molecule has 112 valence electrons. The van der Waals surface area contributed by atoms with Crippen LogP contribution in [-0.4, -0.2) is 32.3 Å². The van der Waals surface area contributed by atoms with Gasteiger partial charge < -0.3 is 14.9 Å². The fourth-order valence-electron chi connectivity index (χ4n) is 1.47. The van der Waals surface area contributed by atoms with Gasteiger partial charge in [0.05, 0.1) is 0 Å². The molecule has 0 fully saturated rings. The number of benzene rings is 1. The minimum Gasteiger partial charge on any atom is -0.459 e. The van der Waals surface area contributed by atoms with Gasteiger partial charge in [0.2, 0.25) is 6.79 Å². The van der Waals surface area contributed by atoms with E-state index in [0.29, 0.717) is 22.9 Å². The maximum absolute atomic E-state index is 5.55. The lowest BCUT2D eigenvalue weighted by Gasteiger charge is -2.19. The van der Waals surface area contributed by atoms with Crippen LogP contribution in [0.15, 0.2) is 58.6 Å². The van der Waals surface area contributed by atoms with Gasteiger partial charge in [-0.3, -0.25) is 4.68 Å². The Morgan fingerprint density at radius 2 is 2.14 bits per heavy atom. The molecule has 0 saturated carbocycles. The number of rotatable bonds is 8. The van der Waals surface area contributed by atoms with E-state index in [0.717, 1.165) is 0 Å². The highest BCUT2D eigenvalue weighted by atomic mass is 16.7. The Labute approximate surface area is 125 Å². The van der Waals surface area contributed by atoms with E-state index in [1.54, 1.807) is 26.2 Å². The van der Waals surface area contributed by atoms with E-state index >= 15 is 0 Å². The van der Waals surface area contributed by atoms with Crippen LogP contribution in [0.1, 0.15) is 6.92 Å². The molecule has 0 atom stereocenters. The van der Waals surface area contributed by atoms with Crippen LogP contribution in [-0.2, 0) is 4.74 Å². The summed E-state index contributed by atoms with van der Waals surface area (Å²) in [6, 6.07) is 7.36. The molecule has 6 heteroatoms. The number of azo groups is 1. The lowest BCUT2D eigenvalue weighted by Crippen LogP contribution is -2.04. The van der Waals surface area contributed by atoms with Gasteiger partial charge in [-0.25, -0.2) is 0 Å². The van der Waals surface area contributed by atoms with Gasteiger partial charge in [0.15, 0.2) is 0 Å². The smallest absolute Gasteiger partial charge is 0.230 e. The van der Waals surface area contributed by atoms with Crippen molar-refractivity contribution >= 4 is 12.4 Å². The second-order valence-corrected chi connectivity index (χ2v) is 4.03. The van der Waals surface area contributed by atoms with E-state index in [1.165, 1.54) is 4.68 Å². The summed E-state index contributed by atoms with van der Waals surface area (Å²) >= 11 is 0. The largest absolute Gasteiger partial charge is 0.459 e. The fourth-order valence-corrected chi connectivity index (χ4v) is 1.47. The van der Waals surface area contributed by atoms with Crippen molar-refractivity contribution in [3.63, 3.8) is 0 Å². The molecule has 0 aliphatic heterocycles. The van der Waals surface area contributed by atoms with Crippen molar-refractivity contribution in [3.05, 3.63) is 53.8 Å². The maximum atomic E-state index is 5.55. The van der Waals surface area contributed by atoms with Gasteiger partial charge in [0.25, 0.3) is 0 Å². The van der Waals surface area contributed by atoms with E-state index in [9.17, 15) is 0 Å². The van der Waals surface area contributed by atoms with E-state index in [1.807, 2.05) is 25.1 Å². The van der Waals surface area contributed by atoms with Crippen LogP contribution in [0.3, 0.4) is 0 Å². The summed E-state index contributed by atoms with van der Waals surface area (Å²) in [6.45, 7) is 9.29. The molecule has 0 heterocycles. The first-order valence-electron chi connectivity index (χ1n) is 6.34. The van der Waals surface area contributed by atoms with Crippen LogP contribution in [0.25, 0.3) is 5.43 Å². The third-order valence-electron chi connectivity index (χ3n) is 2.36. The van der Waals surface area contributed by atoms with Crippen molar-refractivity contribution in [2.75, 3.05) is 20.9 Å². The Morgan fingerprint density at radius 1 is 1.43 bits per heavy atom. The highest BCUT2D eigenvalue weighted by Gasteiger charge is 2.03. The molecule has 1 rings (SSSR count). The minimum atomic E-state index is 0.00278. The zero-order valence-corrected chi connectivity index (χ0v) is 12.6. The van der Waals surface area contributed by atoms with Gasteiger partial charge in [-0.2, -0.15) is 10.2 Å². The molecule has 0 radical (unpaired) electrons. The number of hydrogen-bond donors (Lipinski definition) is 0. The van der Waals surface area contributed by atoms with Crippen molar-refractivity contribution < 1.29 is 14.2 Å². The molecule has 0 aliphatic rings. The standard InChI is InChI=1S/C15H20N4O2/c1-6-13(17-16-3)12(2)20-11-21-15-10-8-7-9-14(15)18-19(4)5/h6-10H,2,4,11H2,1,3,5H3/b13-6+,17-16?. The Bertz CT molecular complexity index is 565. The second kappa shape index (κ2) is 8.52. The molecular weight excluding hydrogens is 268 g/mol. The molecule has 0 bridgehead atoms. The molecular formula is C15H20N4O2. The third kappa shape index (κ3) is 5.48. The van der Waals surface area contributed by atoms with Crippen LogP contribution >= 0.6 is 0 Å². The number of allylic oxidation sites excluding steroid dienone is 1. The number of ether oxygens (including phenoxy) is 2. The van der Waals surface area contributed by atoms with Crippen LogP contribution in [0.4, 0.5) is 5.69 Å². The molecule has 1 aromatic rings. The average molecular weight is 288 g/mol. The van der Waals surface area contributed by atoms with Gasteiger partial charge in [-0.15, -0.1) is 0 Å². The average Bonchev–Trinajstić information content (AvgIpc) is 2.45. The Hall–Kier alpha value is -2.63. The van der Waals surface area contributed by atoms with Gasteiger partial charge in [0, 0.05) is 7.05 Å². The molecule has 21 heavy (non-hydrogen) atoms. The van der Waals surface area contributed by atoms with Crippen LogP contribution in [0.2, 0.25) is 0 Å². The molecule has 0 N–H and O–H groups in total. The van der Waals surface area contributed by atoms with Gasteiger partial charge in [-0.05, 0) is 18.7 Å². The number of para-hydroxylation sites is 1. The molecule has 0 aromatic heterocycles. The van der Waals surface area contributed by atoms with Crippen LogP contribution in [0, 0.1) is 0 Å². The van der Waals surface area contributed by atoms with Gasteiger partial charge >= 0.3 is 0 Å². The van der Waals surface area contributed by atoms with E-state index in [2.05, 4.69) is 29.0 Å². The Morgan fingerprint density at radius 3 is 2.76 bits per heavy atom. The lowest BCUT2D eigenvalue weighted by molar-refractivity contribution is -0.428. The molecule has 6 nitrogen and oxygen atoms in total. The van der Waals surface area contributed by atoms with Gasteiger partial charge in [-0.1, -0.05) is 30.9 Å². The summed E-state index contributed by atoms with van der Waals surface area (Å²) in [5, 5.41) is 7.59. The van der Waals surface area contributed by atoms with Crippen molar-refractivity contribution in [2.45, 2.75) is 6.92 Å². The number of hydrogen-bond acceptors (Lipinski definition) is 4. The summed E-state index contributed by atoms with van der Waals surface area (Å²) in [7, 11) is 3.32. The van der Waals surface area contributed by atoms with Crippen LogP contribution < -0.4 is 4.74 Å². The molecule has 0 unspecified atom stereocenters. The van der Waals surface area contributed by atoms with E-state index < -0.39 is 0 Å². The van der Waals surface area contributed by atoms with E-state index in [-0.39, 0.29) is 6.79 Å². The van der Waals surface area contributed by atoms with Crippen molar-refractivity contribution in [2.24, 2.45) is 10.2 Å². The van der Waals surface area contributed by atoms with E-state index in [4.69, 9.17) is 9.47 Å². The number of nitrogens with zero attached hydrogens (tertiary/aromatic N) is 4. The molecule has 1 aromatic carbocycles. The SMILES string of the molecule is C=C(OCOc1ccccc1[N-][N+](=C)C)/C(=C\C)N=NC. The highest BCUT2D eigenvalue weighted by molar-refractivity contribution is 5.58. The quantitative estimate of drug-likeness (QED) is 0.139. The zero-order chi connectivity index (χ0) is 15.7. The van der Waals surface area contributed by atoms with Crippen molar-refractivity contribution in [1.82, 2.24) is 0 Å². The molecule has 0 saturated heterocycles. The second-order valence-electron chi connectivity index (χ2n) is 4.03. The van der Waals surface area contributed by atoms with Crippen LogP contribution in [0.5, 0.6) is 5.75 Å². The predicted octanol–water partition coefficient (Wildman–Crippen LogP) is 3.80.